The number of carbonyl (C=O) groups excluding carboxylic acids is 3. The molecule has 0 aliphatic rings. The fourth-order valence-corrected chi connectivity index (χ4v) is 3.47. The molecular formula is C27H27FN2O4. The lowest BCUT2D eigenvalue weighted by Crippen LogP contribution is -2.52. The van der Waals surface area contributed by atoms with Crippen LogP contribution in [-0.2, 0) is 27.2 Å². The van der Waals surface area contributed by atoms with Gasteiger partial charge in [0.2, 0.25) is 5.91 Å². The minimum absolute atomic E-state index is 0.0000663. The summed E-state index contributed by atoms with van der Waals surface area (Å²) in [5, 5.41) is 5.67. The van der Waals surface area contributed by atoms with Gasteiger partial charge < -0.3 is 15.4 Å². The molecule has 0 radical (unpaired) electrons. The Bertz CT molecular complexity index is 1090. The monoisotopic (exact) mass is 462 g/mol. The Morgan fingerprint density at radius 2 is 1.35 bits per heavy atom. The van der Waals surface area contributed by atoms with E-state index in [1.54, 1.807) is 0 Å². The number of benzene rings is 3. The molecule has 3 aromatic rings. The Morgan fingerprint density at radius 3 is 1.91 bits per heavy atom. The van der Waals surface area contributed by atoms with Crippen LogP contribution in [0.5, 0.6) is 0 Å². The van der Waals surface area contributed by atoms with Gasteiger partial charge in [-0.1, -0.05) is 60.7 Å². The summed E-state index contributed by atoms with van der Waals surface area (Å²) >= 11 is 0. The number of hydrogen-bond acceptors (Lipinski definition) is 4. The summed E-state index contributed by atoms with van der Waals surface area (Å²) in [4.78, 5) is 37.4. The van der Waals surface area contributed by atoms with Gasteiger partial charge in [-0.15, -0.1) is 0 Å². The van der Waals surface area contributed by atoms with Crippen LogP contribution in [0.1, 0.15) is 28.4 Å². The zero-order chi connectivity index (χ0) is 24.3. The fourth-order valence-electron chi connectivity index (χ4n) is 3.47. The Kier molecular flexibility index (Phi) is 8.91. The van der Waals surface area contributed by atoms with E-state index in [1.165, 1.54) is 31.2 Å². The minimum Gasteiger partial charge on any atom is -0.464 e. The van der Waals surface area contributed by atoms with Gasteiger partial charge in [-0.25, -0.2) is 4.39 Å². The lowest BCUT2D eigenvalue weighted by atomic mass is 10.0. The number of halogens is 1. The number of rotatable bonds is 10. The first kappa shape index (κ1) is 24.6. The van der Waals surface area contributed by atoms with E-state index in [4.69, 9.17) is 4.74 Å². The standard InChI is InChI=1S/C27H27FN2O4/c1-19(31)34-18-24(16-20-8-4-2-5-9-20)29-27(33)25(17-21-10-6-3-7-11-21)30-26(32)22-12-14-23(28)15-13-22/h2-15,24-25H,16-18H2,1H3,(H,29,33)(H,30,32)/t24-,25-/m0/s1. The number of ether oxygens (including phenoxy) is 1. The molecule has 6 nitrogen and oxygen atoms in total. The first-order valence-electron chi connectivity index (χ1n) is 11.0. The van der Waals surface area contributed by atoms with Crippen molar-refractivity contribution >= 4 is 17.8 Å². The first-order valence-corrected chi connectivity index (χ1v) is 11.0. The second-order valence-corrected chi connectivity index (χ2v) is 7.92. The van der Waals surface area contributed by atoms with E-state index in [0.717, 1.165) is 11.1 Å². The minimum atomic E-state index is -0.893. The molecular weight excluding hydrogens is 435 g/mol. The highest BCUT2D eigenvalue weighted by Gasteiger charge is 2.25. The highest BCUT2D eigenvalue weighted by Crippen LogP contribution is 2.09. The molecule has 0 heterocycles. The van der Waals surface area contributed by atoms with Crippen molar-refractivity contribution in [3.05, 3.63) is 107 Å². The molecule has 3 aromatic carbocycles. The second-order valence-electron chi connectivity index (χ2n) is 7.92. The van der Waals surface area contributed by atoms with Crippen LogP contribution in [0.2, 0.25) is 0 Å². The molecule has 2 atom stereocenters. The van der Waals surface area contributed by atoms with Gasteiger partial charge in [-0.05, 0) is 41.8 Å². The molecule has 7 heteroatoms. The lowest BCUT2D eigenvalue weighted by molar-refractivity contribution is -0.142. The fraction of sp³-hybridized carbons (Fsp3) is 0.222. The number of esters is 1. The maximum Gasteiger partial charge on any atom is 0.302 e. The third kappa shape index (κ3) is 7.85. The summed E-state index contributed by atoms with van der Waals surface area (Å²) in [5.74, 6) is -1.80. The van der Waals surface area contributed by atoms with Gasteiger partial charge in [0.15, 0.2) is 0 Å². The van der Waals surface area contributed by atoms with Crippen molar-refractivity contribution < 1.29 is 23.5 Å². The summed E-state index contributed by atoms with van der Waals surface area (Å²) in [7, 11) is 0. The number of hydrogen-bond donors (Lipinski definition) is 2. The Balaban J connectivity index is 1.77. The van der Waals surface area contributed by atoms with E-state index in [1.807, 2.05) is 60.7 Å². The molecule has 0 saturated heterocycles. The Hall–Kier alpha value is -4.00. The quantitative estimate of drug-likeness (QED) is 0.452. The van der Waals surface area contributed by atoms with Gasteiger partial charge in [0.1, 0.15) is 18.5 Å². The molecule has 0 saturated carbocycles. The van der Waals surface area contributed by atoms with Gasteiger partial charge in [0, 0.05) is 18.9 Å². The van der Waals surface area contributed by atoms with Gasteiger partial charge in [-0.3, -0.25) is 14.4 Å². The van der Waals surface area contributed by atoms with Crippen LogP contribution >= 0.6 is 0 Å². The van der Waals surface area contributed by atoms with Crippen LogP contribution in [0.3, 0.4) is 0 Å². The molecule has 0 aromatic heterocycles. The van der Waals surface area contributed by atoms with Crippen molar-refractivity contribution in [2.24, 2.45) is 0 Å². The van der Waals surface area contributed by atoms with E-state index < -0.39 is 35.7 Å². The molecule has 0 fully saturated rings. The van der Waals surface area contributed by atoms with Crippen LogP contribution < -0.4 is 10.6 Å². The molecule has 2 N–H and O–H groups in total. The average Bonchev–Trinajstić information content (AvgIpc) is 2.83. The van der Waals surface area contributed by atoms with Gasteiger partial charge in [0.05, 0.1) is 6.04 Å². The van der Waals surface area contributed by atoms with E-state index in [0.29, 0.717) is 6.42 Å². The third-order valence-corrected chi connectivity index (χ3v) is 5.17. The number of amides is 2. The summed E-state index contributed by atoms with van der Waals surface area (Å²) in [5.41, 5.74) is 2.07. The van der Waals surface area contributed by atoms with Crippen LogP contribution in [0.25, 0.3) is 0 Å². The Labute approximate surface area is 198 Å². The first-order chi connectivity index (χ1) is 16.4. The Morgan fingerprint density at radius 1 is 0.794 bits per heavy atom. The highest BCUT2D eigenvalue weighted by molar-refractivity contribution is 5.97. The largest absolute Gasteiger partial charge is 0.464 e. The van der Waals surface area contributed by atoms with Gasteiger partial charge >= 0.3 is 5.97 Å². The van der Waals surface area contributed by atoms with Crippen molar-refractivity contribution in [3.8, 4) is 0 Å². The zero-order valence-corrected chi connectivity index (χ0v) is 18.9. The zero-order valence-electron chi connectivity index (χ0n) is 18.9. The highest BCUT2D eigenvalue weighted by atomic mass is 19.1. The van der Waals surface area contributed by atoms with E-state index >= 15 is 0 Å². The topological polar surface area (TPSA) is 84.5 Å². The molecule has 0 unspecified atom stereocenters. The van der Waals surface area contributed by atoms with Crippen LogP contribution in [-0.4, -0.2) is 36.5 Å². The van der Waals surface area contributed by atoms with Crippen LogP contribution in [0, 0.1) is 5.82 Å². The molecule has 2 amide bonds. The average molecular weight is 463 g/mol. The third-order valence-electron chi connectivity index (χ3n) is 5.17. The molecule has 34 heavy (non-hydrogen) atoms. The number of nitrogens with one attached hydrogen (secondary N) is 2. The summed E-state index contributed by atoms with van der Waals surface area (Å²) < 4.78 is 18.4. The number of carbonyl (C=O) groups is 3. The second kappa shape index (κ2) is 12.3. The van der Waals surface area contributed by atoms with Crippen molar-refractivity contribution in [2.75, 3.05) is 6.61 Å². The molecule has 0 aliphatic heterocycles. The van der Waals surface area contributed by atoms with Crippen molar-refractivity contribution in [3.63, 3.8) is 0 Å². The molecule has 0 spiro atoms. The summed E-state index contributed by atoms with van der Waals surface area (Å²) in [6.07, 6.45) is 0.703. The van der Waals surface area contributed by atoms with Crippen molar-refractivity contribution in [1.82, 2.24) is 10.6 Å². The van der Waals surface area contributed by atoms with Crippen LogP contribution in [0.15, 0.2) is 84.9 Å². The normalized spacial score (nSPS) is 12.3. The predicted molar refractivity (Wildman–Crippen MR) is 127 cm³/mol. The molecule has 0 bridgehead atoms. The van der Waals surface area contributed by atoms with Crippen molar-refractivity contribution in [2.45, 2.75) is 31.8 Å². The van der Waals surface area contributed by atoms with E-state index in [2.05, 4.69) is 10.6 Å². The van der Waals surface area contributed by atoms with Crippen molar-refractivity contribution in [1.29, 1.82) is 0 Å². The maximum atomic E-state index is 13.3. The molecule has 176 valence electrons. The van der Waals surface area contributed by atoms with Gasteiger partial charge in [0.25, 0.3) is 5.91 Å². The molecule has 0 aliphatic carbocycles. The summed E-state index contributed by atoms with van der Waals surface area (Å²) in [6.45, 7) is 1.31. The van der Waals surface area contributed by atoms with Crippen LogP contribution in [0.4, 0.5) is 4.39 Å². The summed E-state index contributed by atoms with van der Waals surface area (Å²) in [6, 6.07) is 22.5. The van der Waals surface area contributed by atoms with E-state index in [9.17, 15) is 18.8 Å². The van der Waals surface area contributed by atoms with E-state index in [-0.39, 0.29) is 18.6 Å². The smallest absolute Gasteiger partial charge is 0.302 e. The predicted octanol–water partition coefficient (Wildman–Crippen LogP) is 3.46. The lowest BCUT2D eigenvalue weighted by Gasteiger charge is -2.24. The SMILES string of the molecule is CC(=O)OC[C@H](Cc1ccccc1)NC(=O)[C@H](Cc1ccccc1)NC(=O)c1ccc(F)cc1. The molecule has 3 rings (SSSR count). The van der Waals surface area contributed by atoms with Gasteiger partial charge in [-0.2, -0.15) is 0 Å². The maximum absolute atomic E-state index is 13.3.